The van der Waals surface area contributed by atoms with Gasteiger partial charge in [0.15, 0.2) is 0 Å². The maximum absolute atomic E-state index is 13.0. The summed E-state index contributed by atoms with van der Waals surface area (Å²) in [5.41, 5.74) is 5.67. The van der Waals surface area contributed by atoms with Gasteiger partial charge in [-0.15, -0.1) is 12.4 Å². The van der Waals surface area contributed by atoms with Crippen LogP contribution in [0.5, 0.6) is 0 Å². The van der Waals surface area contributed by atoms with E-state index in [4.69, 9.17) is 5.73 Å². The zero-order valence-electron chi connectivity index (χ0n) is 16.1. The van der Waals surface area contributed by atoms with Crippen LogP contribution in [0.1, 0.15) is 51.9 Å². The molecule has 2 N–H and O–H groups in total. The minimum atomic E-state index is -0.819. The number of amides is 1. The summed E-state index contributed by atoms with van der Waals surface area (Å²) in [6.45, 7) is 8.12. The lowest BCUT2D eigenvalue weighted by Crippen LogP contribution is -2.65. The molecule has 0 saturated carbocycles. The molecule has 0 aromatic carbocycles. The van der Waals surface area contributed by atoms with Gasteiger partial charge in [0.2, 0.25) is 0 Å². The van der Waals surface area contributed by atoms with Gasteiger partial charge < -0.3 is 15.5 Å². The van der Waals surface area contributed by atoms with Gasteiger partial charge in [0.05, 0.1) is 0 Å². The van der Waals surface area contributed by atoms with Crippen LogP contribution in [0.3, 0.4) is 0 Å². The summed E-state index contributed by atoms with van der Waals surface area (Å²) in [5.74, 6) is 1.82. The molecule has 25 heavy (non-hydrogen) atoms. The summed E-state index contributed by atoms with van der Waals surface area (Å²) in [7, 11) is 2.22. The van der Waals surface area contributed by atoms with Crippen molar-refractivity contribution in [2.75, 3.05) is 46.3 Å². The highest BCUT2D eigenvalue weighted by Crippen LogP contribution is 2.33. The van der Waals surface area contributed by atoms with Crippen molar-refractivity contribution in [3.8, 4) is 0 Å². The number of nitrogens with two attached hydrogens (primary N) is 1. The Kier molecular flexibility index (Phi) is 7.56. The van der Waals surface area contributed by atoms with Gasteiger partial charge in [-0.05, 0) is 77.4 Å². The molecule has 0 radical (unpaired) electrons. The van der Waals surface area contributed by atoms with Crippen molar-refractivity contribution in [1.82, 2.24) is 14.7 Å². The Hall–Kier alpha value is -0.360. The van der Waals surface area contributed by atoms with E-state index in [-0.39, 0.29) is 18.3 Å². The molecule has 3 aliphatic rings. The Morgan fingerprint density at radius 2 is 1.36 bits per heavy atom. The van der Waals surface area contributed by atoms with Gasteiger partial charge in [-0.1, -0.05) is 6.42 Å². The second-order valence-electron chi connectivity index (χ2n) is 8.47. The quantitative estimate of drug-likeness (QED) is 0.824. The highest BCUT2D eigenvalue weighted by Gasteiger charge is 2.40. The minimum absolute atomic E-state index is 0. The third-order valence-corrected chi connectivity index (χ3v) is 6.70. The predicted molar refractivity (Wildman–Crippen MR) is 105 cm³/mol. The highest BCUT2D eigenvalue weighted by atomic mass is 35.5. The van der Waals surface area contributed by atoms with Gasteiger partial charge in [-0.2, -0.15) is 0 Å². The topological polar surface area (TPSA) is 52.8 Å². The summed E-state index contributed by atoms with van der Waals surface area (Å²) in [6.07, 6.45) is 8.58. The lowest BCUT2D eigenvalue weighted by molar-refractivity contribution is -0.146. The van der Waals surface area contributed by atoms with Crippen LogP contribution >= 0.6 is 12.4 Å². The first-order valence-corrected chi connectivity index (χ1v) is 10.0. The molecular weight excluding hydrogens is 336 g/mol. The zero-order valence-corrected chi connectivity index (χ0v) is 16.9. The van der Waals surface area contributed by atoms with Gasteiger partial charge in [0.25, 0.3) is 5.91 Å². The third-order valence-electron chi connectivity index (χ3n) is 6.70. The smallest absolute Gasteiger partial charge is 0.257 e. The first-order valence-electron chi connectivity index (χ1n) is 10.0. The second kappa shape index (κ2) is 9.03. The molecule has 3 rings (SSSR count). The molecule has 6 heteroatoms. The van der Waals surface area contributed by atoms with Gasteiger partial charge in [-0.25, -0.2) is 0 Å². The van der Waals surface area contributed by atoms with Crippen LogP contribution in [0.4, 0.5) is 0 Å². The molecule has 3 saturated heterocycles. The van der Waals surface area contributed by atoms with E-state index in [1.165, 1.54) is 32.4 Å². The maximum atomic E-state index is 13.0. The molecule has 3 aliphatic heterocycles. The third kappa shape index (κ3) is 4.88. The largest absolute Gasteiger partial charge is 0.340 e. The lowest BCUT2D eigenvalue weighted by atomic mass is 9.78. The van der Waals surface area contributed by atoms with Crippen LogP contribution in [0, 0.1) is 11.8 Å². The summed E-state index contributed by atoms with van der Waals surface area (Å²) in [6, 6.07) is 0. The Morgan fingerprint density at radius 3 is 1.88 bits per heavy atom. The van der Waals surface area contributed by atoms with Gasteiger partial charge in [0.1, 0.15) is 5.66 Å². The molecule has 0 aliphatic carbocycles. The first-order chi connectivity index (χ1) is 11.5. The number of hydrogen-bond donors (Lipinski definition) is 1. The second-order valence-corrected chi connectivity index (χ2v) is 8.47. The fourth-order valence-corrected chi connectivity index (χ4v) is 4.89. The molecule has 0 aromatic rings. The van der Waals surface area contributed by atoms with Crippen LogP contribution in [0.25, 0.3) is 0 Å². The van der Waals surface area contributed by atoms with E-state index in [1.807, 2.05) is 11.8 Å². The standard InChI is InChI=1S/C19H36N4O.ClH/c1-19(20,23-10-4-3-5-11-23)18(24)22-14-8-17(9-15-22)16-6-12-21(2)13-7-16;/h16-17H,3-15,20H2,1-2H3;1H/t19-;/m0./s1. The minimum Gasteiger partial charge on any atom is -0.340 e. The van der Waals surface area contributed by atoms with Crippen molar-refractivity contribution >= 4 is 18.3 Å². The Balaban J connectivity index is 0.00000225. The molecular formula is C19H37ClN4O. The molecule has 0 bridgehead atoms. The lowest BCUT2D eigenvalue weighted by Gasteiger charge is -2.44. The van der Waals surface area contributed by atoms with Gasteiger partial charge in [-0.3, -0.25) is 9.69 Å². The summed E-state index contributed by atoms with van der Waals surface area (Å²) >= 11 is 0. The van der Waals surface area contributed by atoms with Crippen molar-refractivity contribution in [3.05, 3.63) is 0 Å². The Labute approximate surface area is 159 Å². The van der Waals surface area contributed by atoms with Crippen LogP contribution in [-0.4, -0.2) is 72.6 Å². The van der Waals surface area contributed by atoms with Crippen LogP contribution in [0.15, 0.2) is 0 Å². The number of hydrogen-bond acceptors (Lipinski definition) is 4. The van der Waals surface area contributed by atoms with Crippen molar-refractivity contribution in [1.29, 1.82) is 0 Å². The van der Waals surface area contributed by atoms with E-state index in [1.54, 1.807) is 0 Å². The summed E-state index contributed by atoms with van der Waals surface area (Å²) < 4.78 is 0. The summed E-state index contributed by atoms with van der Waals surface area (Å²) in [4.78, 5) is 19.7. The van der Waals surface area contributed by atoms with Crippen LogP contribution in [0.2, 0.25) is 0 Å². The number of carbonyl (C=O) groups excluding carboxylic acids is 1. The van der Waals surface area contributed by atoms with Crippen molar-refractivity contribution < 1.29 is 4.79 Å². The van der Waals surface area contributed by atoms with E-state index < -0.39 is 5.66 Å². The highest BCUT2D eigenvalue weighted by molar-refractivity contribution is 5.85. The normalized spacial score (nSPS) is 27.6. The average Bonchev–Trinajstić information content (AvgIpc) is 2.62. The van der Waals surface area contributed by atoms with Crippen LogP contribution in [-0.2, 0) is 4.79 Å². The molecule has 0 spiro atoms. The molecule has 0 unspecified atom stereocenters. The van der Waals surface area contributed by atoms with Gasteiger partial charge in [0, 0.05) is 26.2 Å². The SMILES string of the molecule is CN1CCC(C2CCN(C(=O)[C@@](C)(N)N3CCCCC3)CC2)CC1.Cl. The fourth-order valence-electron chi connectivity index (χ4n) is 4.89. The summed E-state index contributed by atoms with van der Waals surface area (Å²) in [5, 5.41) is 0. The van der Waals surface area contributed by atoms with Gasteiger partial charge >= 0.3 is 0 Å². The predicted octanol–water partition coefficient (Wildman–Crippen LogP) is 2.15. The molecule has 1 atom stereocenters. The number of nitrogens with zero attached hydrogens (tertiary/aromatic N) is 3. The van der Waals surface area contributed by atoms with E-state index in [2.05, 4.69) is 16.8 Å². The van der Waals surface area contributed by atoms with Crippen molar-refractivity contribution in [3.63, 3.8) is 0 Å². The fraction of sp³-hybridized carbons (Fsp3) is 0.947. The van der Waals surface area contributed by atoms with E-state index in [0.717, 1.165) is 63.7 Å². The Morgan fingerprint density at radius 1 is 0.880 bits per heavy atom. The molecule has 146 valence electrons. The maximum Gasteiger partial charge on any atom is 0.257 e. The number of halogens is 1. The number of carbonyl (C=O) groups is 1. The first kappa shape index (κ1) is 20.9. The number of rotatable bonds is 3. The van der Waals surface area contributed by atoms with E-state index in [9.17, 15) is 4.79 Å². The number of piperidine rings is 3. The van der Waals surface area contributed by atoms with E-state index >= 15 is 0 Å². The van der Waals surface area contributed by atoms with Crippen molar-refractivity contribution in [2.24, 2.45) is 17.6 Å². The molecule has 3 fully saturated rings. The van der Waals surface area contributed by atoms with E-state index in [0.29, 0.717) is 0 Å². The molecule has 5 nitrogen and oxygen atoms in total. The van der Waals surface area contributed by atoms with Crippen molar-refractivity contribution in [2.45, 2.75) is 57.5 Å². The molecule has 3 heterocycles. The van der Waals surface area contributed by atoms with Crippen LogP contribution < -0.4 is 5.73 Å². The number of likely N-dealkylation sites (tertiary alicyclic amines) is 3. The molecule has 0 aromatic heterocycles. The zero-order chi connectivity index (χ0) is 17.2. The average molecular weight is 373 g/mol. The Bertz CT molecular complexity index is 423. The molecule has 1 amide bonds. The monoisotopic (exact) mass is 372 g/mol.